The van der Waals surface area contributed by atoms with E-state index in [1.807, 2.05) is 12.3 Å². The van der Waals surface area contributed by atoms with Gasteiger partial charge in [0.25, 0.3) is 0 Å². The van der Waals surface area contributed by atoms with Gasteiger partial charge in [0.05, 0.1) is 6.26 Å². The Morgan fingerprint density at radius 2 is 2.18 bits per heavy atom. The summed E-state index contributed by atoms with van der Waals surface area (Å²) in [6.07, 6.45) is 9.23. The first-order chi connectivity index (χ1) is 10.6. The maximum absolute atomic E-state index is 5.71. The zero-order valence-corrected chi connectivity index (χ0v) is 13.8. The van der Waals surface area contributed by atoms with E-state index in [0.717, 1.165) is 17.9 Å². The van der Waals surface area contributed by atoms with Gasteiger partial charge in [0.1, 0.15) is 5.58 Å². The van der Waals surface area contributed by atoms with Crippen molar-refractivity contribution in [3.8, 4) is 0 Å². The lowest BCUT2D eigenvalue weighted by Crippen LogP contribution is -2.57. The topological polar surface area (TPSA) is 16.4 Å². The third-order valence-corrected chi connectivity index (χ3v) is 5.64. The molecule has 4 unspecified atom stereocenters. The van der Waals surface area contributed by atoms with Crippen molar-refractivity contribution < 1.29 is 4.42 Å². The van der Waals surface area contributed by atoms with Gasteiger partial charge in [-0.1, -0.05) is 44.2 Å². The molecule has 0 spiro atoms. The zero-order chi connectivity index (χ0) is 15.3. The molecule has 1 aromatic heterocycles. The number of benzene rings is 1. The highest BCUT2D eigenvalue weighted by molar-refractivity contribution is 5.80. The average molecular weight is 295 g/mol. The number of hydrogen-bond acceptors (Lipinski definition) is 2. The Bertz CT molecular complexity index is 715. The first-order valence-corrected chi connectivity index (χ1v) is 8.46. The summed E-state index contributed by atoms with van der Waals surface area (Å²) in [6.45, 7) is 8.36. The summed E-state index contributed by atoms with van der Waals surface area (Å²) < 4.78 is 5.71. The van der Waals surface area contributed by atoms with Crippen molar-refractivity contribution in [1.29, 1.82) is 0 Å². The fraction of sp³-hybridized carbons (Fsp3) is 0.500. The predicted molar refractivity (Wildman–Crippen MR) is 90.9 cm³/mol. The van der Waals surface area contributed by atoms with E-state index in [1.54, 1.807) is 0 Å². The van der Waals surface area contributed by atoms with Crippen LogP contribution in [-0.2, 0) is 6.42 Å². The van der Waals surface area contributed by atoms with E-state index in [0.29, 0.717) is 17.5 Å². The molecule has 22 heavy (non-hydrogen) atoms. The maximum Gasteiger partial charge on any atom is 0.134 e. The largest absolute Gasteiger partial charge is 0.464 e. The first kappa shape index (κ1) is 14.1. The third-order valence-electron chi connectivity index (χ3n) is 5.64. The summed E-state index contributed by atoms with van der Waals surface area (Å²) >= 11 is 0. The van der Waals surface area contributed by atoms with Gasteiger partial charge in [0, 0.05) is 24.0 Å². The molecule has 3 aliphatic rings. The number of nitrogens with zero attached hydrogens (tertiary/aromatic N) is 1. The summed E-state index contributed by atoms with van der Waals surface area (Å²) in [5.74, 6) is 0.757. The molecule has 2 aliphatic heterocycles. The van der Waals surface area contributed by atoms with E-state index in [9.17, 15) is 0 Å². The van der Waals surface area contributed by atoms with Crippen molar-refractivity contribution >= 4 is 11.0 Å². The molecule has 1 fully saturated rings. The Morgan fingerprint density at radius 1 is 1.36 bits per heavy atom. The van der Waals surface area contributed by atoms with Crippen molar-refractivity contribution in [2.45, 2.75) is 45.7 Å². The second-order valence-electron chi connectivity index (χ2n) is 7.67. The molecule has 0 saturated carbocycles. The van der Waals surface area contributed by atoms with Gasteiger partial charge in [-0.05, 0) is 42.7 Å². The van der Waals surface area contributed by atoms with Crippen LogP contribution in [0.2, 0.25) is 0 Å². The van der Waals surface area contributed by atoms with Crippen molar-refractivity contribution in [3.63, 3.8) is 0 Å². The van der Waals surface area contributed by atoms with Crippen LogP contribution in [-0.4, -0.2) is 23.5 Å². The molecule has 1 aliphatic carbocycles. The molecule has 0 radical (unpaired) electrons. The van der Waals surface area contributed by atoms with Crippen LogP contribution in [0.3, 0.4) is 0 Å². The second kappa shape index (κ2) is 4.99. The van der Waals surface area contributed by atoms with Gasteiger partial charge >= 0.3 is 0 Å². The Kier molecular flexibility index (Phi) is 3.19. The molecule has 1 saturated heterocycles. The Balaban J connectivity index is 1.58. The van der Waals surface area contributed by atoms with E-state index in [1.165, 1.54) is 23.9 Å². The SMILES string of the molecule is CC1CC2(C)C=CC1N(C(C)Cc1coc3ccccc13)C2. The molecular formula is C20H25NO. The van der Waals surface area contributed by atoms with Crippen LogP contribution >= 0.6 is 0 Å². The van der Waals surface area contributed by atoms with Gasteiger partial charge in [-0.15, -0.1) is 0 Å². The lowest BCUT2D eigenvalue weighted by atomic mass is 9.68. The predicted octanol–water partition coefficient (Wildman–Crippen LogP) is 4.65. The summed E-state index contributed by atoms with van der Waals surface area (Å²) in [7, 11) is 0. The molecule has 116 valence electrons. The van der Waals surface area contributed by atoms with E-state index >= 15 is 0 Å². The third kappa shape index (κ3) is 2.21. The van der Waals surface area contributed by atoms with Crippen LogP contribution in [0.4, 0.5) is 0 Å². The summed E-state index contributed by atoms with van der Waals surface area (Å²) in [6, 6.07) is 9.51. The van der Waals surface area contributed by atoms with Crippen LogP contribution in [0, 0.1) is 11.3 Å². The van der Waals surface area contributed by atoms with Crippen molar-refractivity contribution in [1.82, 2.24) is 4.90 Å². The standard InChI is InChI=1S/C20H25NO/c1-14-11-20(3)9-8-18(14)21(13-20)15(2)10-16-12-22-19-7-5-4-6-17(16)19/h4-9,12,14-15,18H,10-11,13H2,1-3H3. The van der Waals surface area contributed by atoms with Crippen LogP contribution in [0.15, 0.2) is 47.1 Å². The highest BCUT2D eigenvalue weighted by Crippen LogP contribution is 2.43. The highest BCUT2D eigenvalue weighted by Gasteiger charge is 2.43. The molecule has 1 aromatic carbocycles. The summed E-state index contributed by atoms with van der Waals surface area (Å²) in [4.78, 5) is 2.70. The van der Waals surface area contributed by atoms with Crippen LogP contribution in [0.5, 0.6) is 0 Å². The lowest BCUT2D eigenvalue weighted by molar-refractivity contribution is 0.0164. The quantitative estimate of drug-likeness (QED) is 0.766. The fourth-order valence-electron chi connectivity index (χ4n) is 4.60. The van der Waals surface area contributed by atoms with E-state index in [4.69, 9.17) is 4.42 Å². The van der Waals surface area contributed by atoms with Crippen LogP contribution in [0.1, 0.15) is 32.8 Å². The number of para-hydroxylation sites is 1. The highest BCUT2D eigenvalue weighted by atomic mass is 16.3. The molecule has 5 rings (SSSR count). The minimum Gasteiger partial charge on any atom is -0.464 e. The Morgan fingerprint density at radius 3 is 2.95 bits per heavy atom. The first-order valence-electron chi connectivity index (χ1n) is 8.46. The molecule has 2 aromatic rings. The van der Waals surface area contributed by atoms with Gasteiger partial charge in [0.15, 0.2) is 0 Å². The van der Waals surface area contributed by atoms with Crippen molar-refractivity contribution in [3.05, 3.63) is 48.2 Å². The second-order valence-corrected chi connectivity index (χ2v) is 7.67. The molecular weight excluding hydrogens is 270 g/mol. The molecule has 2 bridgehead atoms. The minimum atomic E-state index is 0.362. The number of piperidine rings is 1. The van der Waals surface area contributed by atoms with Crippen LogP contribution < -0.4 is 0 Å². The average Bonchev–Trinajstić information content (AvgIpc) is 2.90. The maximum atomic E-state index is 5.71. The van der Waals surface area contributed by atoms with Gasteiger partial charge in [-0.3, -0.25) is 4.90 Å². The summed E-state index contributed by atoms with van der Waals surface area (Å²) in [5.41, 5.74) is 2.71. The number of rotatable bonds is 3. The lowest BCUT2D eigenvalue weighted by Gasteiger charge is -2.53. The molecule has 2 nitrogen and oxygen atoms in total. The number of furan rings is 1. The molecule has 3 heterocycles. The molecule has 2 heteroatoms. The monoisotopic (exact) mass is 295 g/mol. The molecule has 0 N–H and O–H groups in total. The molecule has 0 amide bonds. The normalized spacial score (nSPS) is 32.7. The Hall–Kier alpha value is -1.54. The van der Waals surface area contributed by atoms with Gasteiger partial charge < -0.3 is 4.42 Å². The van der Waals surface area contributed by atoms with E-state index < -0.39 is 0 Å². The van der Waals surface area contributed by atoms with Crippen molar-refractivity contribution in [2.75, 3.05) is 6.54 Å². The van der Waals surface area contributed by atoms with E-state index in [-0.39, 0.29) is 0 Å². The fourth-order valence-corrected chi connectivity index (χ4v) is 4.60. The summed E-state index contributed by atoms with van der Waals surface area (Å²) in [5, 5.41) is 1.27. The van der Waals surface area contributed by atoms with Crippen molar-refractivity contribution in [2.24, 2.45) is 11.3 Å². The van der Waals surface area contributed by atoms with Gasteiger partial charge in [0.2, 0.25) is 0 Å². The smallest absolute Gasteiger partial charge is 0.134 e. The van der Waals surface area contributed by atoms with Gasteiger partial charge in [-0.25, -0.2) is 0 Å². The zero-order valence-electron chi connectivity index (χ0n) is 13.8. The molecule has 4 atom stereocenters. The number of hydrogen-bond donors (Lipinski definition) is 0. The number of fused-ring (bicyclic) bond motifs is 3. The van der Waals surface area contributed by atoms with Crippen LogP contribution in [0.25, 0.3) is 11.0 Å². The Labute approximate surface area is 132 Å². The van der Waals surface area contributed by atoms with Gasteiger partial charge in [-0.2, -0.15) is 0 Å². The minimum absolute atomic E-state index is 0.362. The van der Waals surface area contributed by atoms with E-state index in [2.05, 4.69) is 56.0 Å².